The second-order valence-corrected chi connectivity index (χ2v) is 9.51. The number of para-hydroxylation sites is 2. The summed E-state index contributed by atoms with van der Waals surface area (Å²) in [6, 6.07) is 8.25. The van der Waals surface area contributed by atoms with Crippen LogP contribution in [0, 0.1) is 0 Å². The molecule has 1 aliphatic heterocycles. The maximum absolute atomic E-state index is 12.6. The molecule has 4 rings (SSSR count). The molecule has 1 aromatic carbocycles. The number of fused-ring (bicyclic) bond motifs is 1. The fraction of sp³-hybridized carbons (Fsp3) is 0.609. The lowest BCUT2D eigenvalue weighted by molar-refractivity contribution is -0.119. The van der Waals surface area contributed by atoms with Gasteiger partial charge in [-0.15, -0.1) is 0 Å². The van der Waals surface area contributed by atoms with Crippen LogP contribution in [0.25, 0.3) is 11.0 Å². The van der Waals surface area contributed by atoms with E-state index in [1.807, 2.05) is 24.3 Å². The number of ether oxygens (including phenoxy) is 1. The molecule has 0 spiro atoms. The van der Waals surface area contributed by atoms with E-state index < -0.39 is 0 Å². The topological polar surface area (TPSA) is 67.4 Å². The number of amides is 1. The van der Waals surface area contributed by atoms with Crippen molar-refractivity contribution >= 4 is 34.5 Å². The number of hydrogen-bond acceptors (Lipinski definition) is 6. The molecular weight excluding hydrogens is 396 g/mol. The number of hydrogen-bond donors (Lipinski definition) is 1. The SMILES string of the molecule is CC1CN(c2nc3ccccc3nc2SCC(=O)NC2CCCCCC2)CC(C)O1. The Balaban J connectivity index is 1.50. The number of anilines is 1. The van der Waals surface area contributed by atoms with Crippen molar-refractivity contribution in [3.8, 4) is 0 Å². The molecule has 0 radical (unpaired) electrons. The van der Waals surface area contributed by atoms with E-state index in [4.69, 9.17) is 14.7 Å². The fourth-order valence-electron chi connectivity index (χ4n) is 4.46. The first-order valence-electron chi connectivity index (χ1n) is 11.2. The average molecular weight is 429 g/mol. The first kappa shape index (κ1) is 21.4. The molecule has 2 fully saturated rings. The Kier molecular flexibility index (Phi) is 7.10. The van der Waals surface area contributed by atoms with Crippen molar-refractivity contribution < 1.29 is 9.53 Å². The summed E-state index contributed by atoms with van der Waals surface area (Å²) >= 11 is 1.49. The summed E-state index contributed by atoms with van der Waals surface area (Å²) < 4.78 is 5.90. The van der Waals surface area contributed by atoms with Gasteiger partial charge in [-0.2, -0.15) is 0 Å². The molecule has 30 heavy (non-hydrogen) atoms. The van der Waals surface area contributed by atoms with Crippen LogP contribution in [0.4, 0.5) is 5.82 Å². The zero-order chi connectivity index (χ0) is 20.9. The molecule has 1 saturated heterocycles. The van der Waals surface area contributed by atoms with Gasteiger partial charge >= 0.3 is 0 Å². The van der Waals surface area contributed by atoms with Crippen LogP contribution in [0.3, 0.4) is 0 Å². The third-order valence-corrected chi connectivity index (χ3v) is 6.75. The number of nitrogens with zero attached hydrogens (tertiary/aromatic N) is 3. The van der Waals surface area contributed by atoms with Crippen molar-refractivity contribution in [3.63, 3.8) is 0 Å². The number of rotatable bonds is 5. The number of aromatic nitrogens is 2. The molecule has 2 atom stereocenters. The van der Waals surface area contributed by atoms with E-state index in [1.54, 1.807) is 0 Å². The molecule has 2 unspecified atom stereocenters. The van der Waals surface area contributed by atoms with Gasteiger partial charge in [-0.05, 0) is 38.8 Å². The van der Waals surface area contributed by atoms with Gasteiger partial charge in [0.2, 0.25) is 5.91 Å². The van der Waals surface area contributed by atoms with E-state index >= 15 is 0 Å². The van der Waals surface area contributed by atoms with Crippen LogP contribution >= 0.6 is 11.8 Å². The summed E-state index contributed by atoms with van der Waals surface area (Å²) in [5, 5.41) is 4.06. The van der Waals surface area contributed by atoms with Crippen molar-refractivity contribution in [2.75, 3.05) is 23.7 Å². The molecule has 0 bridgehead atoms. The van der Waals surface area contributed by atoms with Gasteiger partial charge in [-0.1, -0.05) is 49.6 Å². The van der Waals surface area contributed by atoms with Crippen LogP contribution in [-0.4, -0.2) is 53.0 Å². The first-order chi connectivity index (χ1) is 14.6. The minimum absolute atomic E-state index is 0.0940. The van der Waals surface area contributed by atoms with Crippen LogP contribution in [0.5, 0.6) is 0 Å². The molecular formula is C23H32N4O2S. The minimum Gasteiger partial charge on any atom is -0.372 e. The zero-order valence-corrected chi connectivity index (χ0v) is 18.8. The van der Waals surface area contributed by atoms with Gasteiger partial charge in [0.15, 0.2) is 5.82 Å². The molecule has 2 heterocycles. The van der Waals surface area contributed by atoms with Gasteiger partial charge in [0.1, 0.15) is 5.03 Å². The third-order valence-electron chi connectivity index (χ3n) is 5.80. The molecule has 1 saturated carbocycles. The van der Waals surface area contributed by atoms with Gasteiger partial charge in [0.25, 0.3) is 0 Å². The number of carbonyl (C=O) groups excluding carboxylic acids is 1. The molecule has 1 aliphatic carbocycles. The Morgan fingerprint density at radius 2 is 1.70 bits per heavy atom. The molecule has 1 N–H and O–H groups in total. The Morgan fingerprint density at radius 3 is 2.37 bits per heavy atom. The van der Waals surface area contributed by atoms with E-state index in [9.17, 15) is 4.79 Å². The van der Waals surface area contributed by atoms with Gasteiger partial charge in [0, 0.05) is 19.1 Å². The maximum atomic E-state index is 12.6. The number of benzene rings is 1. The lowest BCUT2D eigenvalue weighted by atomic mass is 10.1. The highest BCUT2D eigenvalue weighted by Crippen LogP contribution is 2.31. The quantitative estimate of drug-likeness (QED) is 0.569. The van der Waals surface area contributed by atoms with E-state index in [0.717, 1.165) is 47.8 Å². The highest BCUT2D eigenvalue weighted by molar-refractivity contribution is 8.00. The summed E-state index contributed by atoms with van der Waals surface area (Å²) in [7, 11) is 0. The average Bonchev–Trinajstić information content (AvgIpc) is 2.99. The smallest absolute Gasteiger partial charge is 0.230 e. The lowest BCUT2D eigenvalue weighted by Gasteiger charge is -2.36. The molecule has 162 valence electrons. The Hall–Kier alpha value is -1.86. The van der Waals surface area contributed by atoms with Crippen LogP contribution in [0.15, 0.2) is 29.3 Å². The van der Waals surface area contributed by atoms with Gasteiger partial charge < -0.3 is 15.0 Å². The van der Waals surface area contributed by atoms with Crippen molar-refractivity contribution in [2.45, 2.75) is 75.6 Å². The Bertz CT molecular complexity index is 859. The van der Waals surface area contributed by atoms with Gasteiger partial charge in [-0.25, -0.2) is 9.97 Å². The zero-order valence-electron chi connectivity index (χ0n) is 18.0. The third kappa shape index (κ3) is 5.43. The summed E-state index contributed by atoms with van der Waals surface area (Å²) in [6.45, 7) is 5.73. The second-order valence-electron chi connectivity index (χ2n) is 8.55. The van der Waals surface area contributed by atoms with Crippen LogP contribution in [-0.2, 0) is 9.53 Å². The highest BCUT2D eigenvalue weighted by Gasteiger charge is 2.26. The molecule has 6 nitrogen and oxygen atoms in total. The maximum Gasteiger partial charge on any atom is 0.230 e. The van der Waals surface area contributed by atoms with Crippen molar-refractivity contribution in [2.24, 2.45) is 0 Å². The second kappa shape index (κ2) is 9.96. The van der Waals surface area contributed by atoms with E-state index in [0.29, 0.717) is 11.8 Å². The normalized spacial score (nSPS) is 23.3. The van der Waals surface area contributed by atoms with Crippen LogP contribution in [0.2, 0.25) is 0 Å². The monoisotopic (exact) mass is 428 g/mol. The first-order valence-corrected chi connectivity index (χ1v) is 12.2. The van der Waals surface area contributed by atoms with E-state index in [2.05, 4.69) is 24.1 Å². The van der Waals surface area contributed by atoms with Gasteiger partial charge in [-0.3, -0.25) is 4.79 Å². The molecule has 1 amide bonds. The predicted molar refractivity (Wildman–Crippen MR) is 122 cm³/mol. The standard InChI is InChI=1S/C23H32N4O2S/c1-16-13-27(14-17(2)29-16)22-23(26-20-12-8-7-11-19(20)25-22)30-15-21(28)24-18-9-5-3-4-6-10-18/h7-8,11-12,16-18H,3-6,9-10,13-15H2,1-2H3,(H,24,28). The lowest BCUT2D eigenvalue weighted by Crippen LogP contribution is -2.46. The molecule has 1 aromatic heterocycles. The molecule has 7 heteroatoms. The number of thioether (sulfide) groups is 1. The molecule has 2 aliphatic rings. The molecule has 2 aromatic rings. The fourth-order valence-corrected chi connectivity index (χ4v) is 5.27. The predicted octanol–water partition coefficient (Wildman–Crippen LogP) is 4.17. The number of carbonyl (C=O) groups is 1. The van der Waals surface area contributed by atoms with Crippen molar-refractivity contribution in [1.82, 2.24) is 15.3 Å². The highest BCUT2D eigenvalue weighted by atomic mass is 32.2. The Morgan fingerprint density at radius 1 is 1.07 bits per heavy atom. The van der Waals surface area contributed by atoms with Crippen LogP contribution < -0.4 is 10.2 Å². The van der Waals surface area contributed by atoms with Crippen LogP contribution in [0.1, 0.15) is 52.4 Å². The summed E-state index contributed by atoms with van der Waals surface area (Å²) in [4.78, 5) is 24.7. The van der Waals surface area contributed by atoms with E-state index in [1.165, 1.54) is 37.4 Å². The van der Waals surface area contributed by atoms with Crippen molar-refractivity contribution in [3.05, 3.63) is 24.3 Å². The summed E-state index contributed by atoms with van der Waals surface area (Å²) in [5.74, 6) is 1.32. The van der Waals surface area contributed by atoms with E-state index in [-0.39, 0.29) is 18.1 Å². The Labute approximate surface area is 183 Å². The number of nitrogens with one attached hydrogen (secondary N) is 1. The van der Waals surface area contributed by atoms with Gasteiger partial charge in [0.05, 0.1) is 29.0 Å². The summed E-state index contributed by atoms with van der Waals surface area (Å²) in [6.07, 6.45) is 7.47. The minimum atomic E-state index is 0.0940. The number of morpholine rings is 1. The van der Waals surface area contributed by atoms with Crippen molar-refractivity contribution in [1.29, 1.82) is 0 Å². The largest absolute Gasteiger partial charge is 0.372 e. The summed E-state index contributed by atoms with van der Waals surface area (Å²) in [5.41, 5.74) is 1.74.